The molecule has 0 bridgehead atoms. The summed E-state index contributed by atoms with van der Waals surface area (Å²) in [5, 5.41) is 0.980. The third kappa shape index (κ3) is 2.99. The monoisotopic (exact) mass is 240 g/mol. The second-order valence-electron chi connectivity index (χ2n) is 3.96. The summed E-state index contributed by atoms with van der Waals surface area (Å²) in [7, 11) is 0. The fourth-order valence-electron chi connectivity index (χ4n) is 1.94. The Bertz CT molecular complexity index is 351. The minimum Gasteiger partial charge on any atom is -0.118 e. The molecule has 80 valence electrons. The average molecular weight is 241 g/mol. The molecule has 0 aliphatic heterocycles. The van der Waals surface area contributed by atoms with Crippen LogP contribution in [0.5, 0.6) is 0 Å². The van der Waals surface area contributed by atoms with Crippen molar-refractivity contribution in [3.63, 3.8) is 0 Å². The lowest BCUT2D eigenvalue weighted by molar-refractivity contribution is 0.724. The van der Waals surface area contributed by atoms with E-state index in [4.69, 9.17) is 23.2 Å². The Kier molecular flexibility index (Phi) is 3.71. The molecule has 1 aliphatic rings. The van der Waals surface area contributed by atoms with Gasteiger partial charge in [0.25, 0.3) is 0 Å². The van der Waals surface area contributed by atoms with Crippen molar-refractivity contribution in [1.29, 1.82) is 0 Å². The topological polar surface area (TPSA) is 0 Å². The van der Waals surface area contributed by atoms with E-state index in [1.807, 2.05) is 12.1 Å². The molecule has 0 fully saturated rings. The fraction of sp³-hybridized carbons (Fsp3) is 0.385. The first-order valence-electron chi connectivity index (χ1n) is 5.36. The first-order chi connectivity index (χ1) is 7.25. The Hall–Kier alpha value is -0.460. The van der Waals surface area contributed by atoms with E-state index < -0.39 is 0 Å². The van der Waals surface area contributed by atoms with Gasteiger partial charge in [0.1, 0.15) is 0 Å². The molecule has 2 heteroatoms. The molecule has 0 aromatic heterocycles. The third-order valence-electron chi connectivity index (χ3n) is 2.77. The van der Waals surface area contributed by atoms with E-state index in [9.17, 15) is 0 Å². The van der Waals surface area contributed by atoms with Crippen LogP contribution in [0, 0.1) is 0 Å². The molecule has 0 amide bonds. The zero-order chi connectivity index (χ0) is 10.7. The van der Waals surface area contributed by atoms with Crippen LogP contribution in [0.3, 0.4) is 0 Å². The summed E-state index contributed by atoms with van der Waals surface area (Å²) >= 11 is 12.1. The maximum atomic E-state index is 6.19. The minimum atomic E-state index is 0.193. The van der Waals surface area contributed by atoms with Gasteiger partial charge in [-0.25, -0.2) is 0 Å². The number of halogens is 2. The lowest BCUT2D eigenvalue weighted by atomic mass is 10.0. The SMILES string of the molecule is Clc1ccc(C2=CC(Cl)CCCC2)cc1. The van der Waals surface area contributed by atoms with Crippen LogP contribution >= 0.6 is 23.2 Å². The molecule has 0 spiro atoms. The summed E-state index contributed by atoms with van der Waals surface area (Å²) in [6.45, 7) is 0. The lowest BCUT2D eigenvalue weighted by Gasteiger charge is -2.06. The van der Waals surface area contributed by atoms with Gasteiger partial charge >= 0.3 is 0 Å². The summed E-state index contributed by atoms with van der Waals surface area (Å²) in [4.78, 5) is 0. The minimum absolute atomic E-state index is 0.193. The largest absolute Gasteiger partial charge is 0.118 e. The Morgan fingerprint density at radius 1 is 1.07 bits per heavy atom. The number of hydrogen-bond donors (Lipinski definition) is 0. The van der Waals surface area contributed by atoms with Gasteiger partial charge in [-0.3, -0.25) is 0 Å². The van der Waals surface area contributed by atoms with Crippen LogP contribution in [0.25, 0.3) is 5.57 Å². The van der Waals surface area contributed by atoms with Gasteiger partial charge in [-0.1, -0.05) is 36.2 Å². The average Bonchev–Trinajstić information content (AvgIpc) is 2.44. The Labute approximate surface area is 101 Å². The van der Waals surface area contributed by atoms with Crippen molar-refractivity contribution >= 4 is 28.8 Å². The third-order valence-corrected chi connectivity index (χ3v) is 3.37. The molecule has 1 aromatic carbocycles. The van der Waals surface area contributed by atoms with E-state index in [1.165, 1.54) is 24.0 Å². The van der Waals surface area contributed by atoms with Crippen molar-refractivity contribution < 1.29 is 0 Å². The molecule has 0 radical (unpaired) electrons. The van der Waals surface area contributed by atoms with E-state index in [1.54, 1.807) is 0 Å². The van der Waals surface area contributed by atoms with Gasteiger partial charge in [-0.05, 0) is 42.5 Å². The molecule has 1 atom stereocenters. The van der Waals surface area contributed by atoms with E-state index in [0.717, 1.165) is 17.9 Å². The van der Waals surface area contributed by atoms with Crippen LogP contribution in [0.4, 0.5) is 0 Å². The van der Waals surface area contributed by atoms with Gasteiger partial charge in [0.15, 0.2) is 0 Å². The summed E-state index contributed by atoms with van der Waals surface area (Å²) in [6, 6.07) is 8.02. The molecule has 2 rings (SSSR count). The predicted molar refractivity (Wildman–Crippen MR) is 67.5 cm³/mol. The molecule has 15 heavy (non-hydrogen) atoms. The van der Waals surface area contributed by atoms with Crippen LogP contribution in [0.15, 0.2) is 30.3 Å². The van der Waals surface area contributed by atoms with Gasteiger partial charge in [0.05, 0.1) is 5.38 Å². The molecule has 1 unspecified atom stereocenters. The molecule has 1 aliphatic carbocycles. The summed E-state index contributed by atoms with van der Waals surface area (Å²) < 4.78 is 0. The van der Waals surface area contributed by atoms with Crippen molar-refractivity contribution in [2.45, 2.75) is 31.1 Å². The second kappa shape index (κ2) is 5.05. The highest BCUT2D eigenvalue weighted by Crippen LogP contribution is 2.28. The van der Waals surface area contributed by atoms with Crippen molar-refractivity contribution in [1.82, 2.24) is 0 Å². The highest BCUT2D eigenvalue weighted by atomic mass is 35.5. The van der Waals surface area contributed by atoms with E-state index >= 15 is 0 Å². The Morgan fingerprint density at radius 3 is 2.53 bits per heavy atom. The van der Waals surface area contributed by atoms with Gasteiger partial charge in [-0.2, -0.15) is 0 Å². The van der Waals surface area contributed by atoms with Crippen LogP contribution in [-0.4, -0.2) is 5.38 Å². The van der Waals surface area contributed by atoms with Gasteiger partial charge in [0.2, 0.25) is 0 Å². The molecule has 0 saturated carbocycles. The van der Waals surface area contributed by atoms with Crippen molar-refractivity contribution in [3.05, 3.63) is 40.9 Å². The maximum absolute atomic E-state index is 6.19. The standard InChI is InChI=1S/C13H14Cl2/c14-12-7-5-10(6-8-12)11-3-1-2-4-13(15)9-11/h5-9,13H,1-4H2. The molecule has 0 nitrogen and oxygen atoms in total. The van der Waals surface area contributed by atoms with Crippen LogP contribution in [0.2, 0.25) is 5.02 Å². The highest BCUT2D eigenvalue weighted by molar-refractivity contribution is 6.30. The quantitative estimate of drug-likeness (QED) is 0.613. The Balaban J connectivity index is 2.24. The van der Waals surface area contributed by atoms with E-state index in [0.29, 0.717) is 0 Å². The fourth-order valence-corrected chi connectivity index (χ4v) is 2.38. The van der Waals surface area contributed by atoms with E-state index in [-0.39, 0.29) is 5.38 Å². The number of hydrogen-bond acceptors (Lipinski definition) is 0. The second-order valence-corrected chi connectivity index (χ2v) is 4.96. The normalized spacial score (nSPS) is 22.0. The molecular formula is C13H14Cl2. The number of allylic oxidation sites excluding steroid dienone is 2. The number of rotatable bonds is 1. The molecule has 1 aromatic rings. The smallest absolute Gasteiger partial charge is 0.0521 e. The first-order valence-corrected chi connectivity index (χ1v) is 6.18. The summed E-state index contributed by atoms with van der Waals surface area (Å²) in [6.07, 6.45) is 6.88. The maximum Gasteiger partial charge on any atom is 0.0521 e. The van der Waals surface area contributed by atoms with Crippen LogP contribution < -0.4 is 0 Å². The Morgan fingerprint density at radius 2 is 1.80 bits per heavy atom. The van der Waals surface area contributed by atoms with Crippen LogP contribution in [0.1, 0.15) is 31.2 Å². The zero-order valence-corrected chi connectivity index (χ0v) is 10.1. The first kappa shape index (κ1) is 11.0. The highest BCUT2D eigenvalue weighted by Gasteiger charge is 2.10. The molecular weight excluding hydrogens is 227 g/mol. The van der Waals surface area contributed by atoms with Crippen molar-refractivity contribution in [2.24, 2.45) is 0 Å². The molecule has 0 heterocycles. The van der Waals surface area contributed by atoms with E-state index in [2.05, 4.69) is 18.2 Å². The van der Waals surface area contributed by atoms with Gasteiger partial charge in [-0.15, -0.1) is 11.6 Å². The van der Waals surface area contributed by atoms with Gasteiger partial charge < -0.3 is 0 Å². The van der Waals surface area contributed by atoms with Crippen molar-refractivity contribution in [3.8, 4) is 0 Å². The summed E-state index contributed by atoms with van der Waals surface area (Å²) in [5.74, 6) is 0. The lowest BCUT2D eigenvalue weighted by Crippen LogP contribution is -1.91. The van der Waals surface area contributed by atoms with Gasteiger partial charge in [0, 0.05) is 5.02 Å². The number of alkyl halides is 1. The predicted octanol–water partition coefficient (Wildman–Crippen LogP) is 4.90. The van der Waals surface area contributed by atoms with Crippen LogP contribution in [-0.2, 0) is 0 Å². The van der Waals surface area contributed by atoms with Crippen molar-refractivity contribution in [2.75, 3.05) is 0 Å². The summed E-state index contributed by atoms with van der Waals surface area (Å²) in [5.41, 5.74) is 2.62. The number of benzene rings is 1. The zero-order valence-electron chi connectivity index (χ0n) is 8.55. The molecule has 0 saturated heterocycles. The molecule has 0 N–H and O–H groups in total.